The normalized spacial score (nSPS) is 10.5. The Morgan fingerprint density at radius 2 is 1.90 bits per heavy atom. The summed E-state index contributed by atoms with van der Waals surface area (Å²) in [6.07, 6.45) is 0. The molecule has 0 unspecified atom stereocenters. The molecule has 2 amide bonds. The number of carbonyl (C=O) groups excluding carboxylic acids is 1. The number of amides is 2. The molecule has 0 spiro atoms. The summed E-state index contributed by atoms with van der Waals surface area (Å²) in [4.78, 5) is 14.8. The number of anilines is 1. The molecule has 0 aliphatic rings. The first kappa shape index (κ1) is 16.1. The molecular weight excluding hydrogens is 328 g/mol. The lowest BCUT2D eigenvalue weighted by Crippen LogP contribution is -2.36. The van der Waals surface area contributed by atoms with Gasteiger partial charge in [-0.15, -0.1) is 10.2 Å². The number of carbonyl (C=O) groups is 1. The van der Waals surface area contributed by atoms with E-state index in [1.54, 1.807) is 32.9 Å². The number of thioether (sulfide) groups is 1. The number of benzene rings is 1. The third-order valence-corrected chi connectivity index (χ3v) is 5.08. The van der Waals surface area contributed by atoms with Crippen molar-refractivity contribution in [1.82, 2.24) is 15.1 Å². The molecule has 1 heterocycles. The van der Waals surface area contributed by atoms with E-state index < -0.39 is 0 Å². The van der Waals surface area contributed by atoms with Crippen molar-refractivity contribution in [3.8, 4) is 0 Å². The number of hydrogen-bond acceptors (Lipinski definition) is 5. The monoisotopic (exact) mass is 342 g/mol. The minimum atomic E-state index is -0.125. The topological polar surface area (TPSA) is 49.3 Å². The van der Waals surface area contributed by atoms with Crippen LogP contribution in [0.1, 0.15) is 5.56 Å². The van der Waals surface area contributed by atoms with Crippen LogP contribution in [0.15, 0.2) is 28.6 Å². The van der Waals surface area contributed by atoms with Crippen LogP contribution in [0.25, 0.3) is 0 Å². The van der Waals surface area contributed by atoms with Crippen LogP contribution in [0.5, 0.6) is 0 Å². The summed E-state index contributed by atoms with van der Waals surface area (Å²) in [7, 11) is 5.10. The van der Waals surface area contributed by atoms with E-state index in [1.165, 1.54) is 26.7 Å². The number of nitrogens with zero attached hydrogens (tertiary/aromatic N) is 4. The van der Waals surface area contributed by atoms with Crippen molar-refractivity contribution in [2.45, 2.75) is 10.1 Å². The van der Waals surface area contributed by atoms with E-state index in [2.05, 4.69) is 10.2 Å². The van der Waals surface area contributed by atoms with E-state index in [0.29, 0.717) is 5.13 Å². The first-order valence-electron chi connectivity index (χ1n) is 6.13. The standard InChI is InChI=1S/C13H15ClN4OS2/c1-17(2)13(19)18(3)11-15-16-12(21-11)20-8-9-4-6-10(14)7-5-9/h4-7H,8H2,1-3H3. The molecule has 0 atom stereocenters. The van der Waals surface area contributed by atoms with Crippen molar-refractivity contribution in [1.29, 1.82) is 0 Å². The Labute approximate surface area is 136 Å². The Morgan fingerprint density at radius 1 is 1.24 bits per heavy atom. The quantitative estimate of drug-likeness (QED) is 0.629. The summed E-state index contributed by atoms with van der Waals surface area (Å²) in [5, 5.41) is 9.47. The van der Waals surface area contributed by atoms with Crippen LogP contribution in [-0.2, 0) is 5.75 Å². The van der Waals surface area contributed by atoms with Gasteiger partial charge in [0.15, 0.2) is 4.34 Å². The summed E-state index contributed by atoms with van der Waals surface area (Å²) in [6.45, 7) is 0. The molecule has 0 saturated heterocycles. The average molecular weight is 343 g/mol. The summed E-state index contributed by atoms with van der Waals surface area (Å²) in [5.74, 6) is 0.789. The van der Waals surface area contributed by atoms with Gasteiger partial charge in [0, 0.05) is 31.9 Å². The van der Waals surface area contributed by atoms with Crippen LogP contribution in [0, 0.1) is 0 Å². The first-order chi connectivity index (χ1) is 9.97. The van der Waals surface area contributed by atoms with Gasteiger partial charge in [0.1, 0.15) is 0 Å². The smallest absolute Gasteiger partial charge is 0.325 e. The Hall–Kier alpha value is -1.31. The van der Waals surface area contributed by atoms with Gasteiger partial charge < -0.3 is 4.90 Å². The molecule has 0 saturated carbocycles. The molecule has 8 heteroatoms. The predicted molar refractivity (Wildman–Crippen MR) is 88.4 cm³/mol. The van der Waals surface area contributed by atoms with E-state index in [9.17, 15) is 4.79 Å². The number of urea groups is 1. The summed E-state index contributed by atoms with van der Waals surface area (Å²) in [6, 6.07) is 7.58. The Morgan fingerprint density at radius 3 is 2.52 bits per heavy atom. The lowest BCUT2D eigenvalue weighted by atomic mass is 10.2. The maximum atomic E-state index is 11.8. The minimum absolute atomic E-state index is 0.125. The third-order valence-electron chi connectivity index (χ3n) is 2.63. The van der Waals surface area contributed by atoms with Crippen LogP contribution < -0.4 is 4.90 Å². The molecule has 2 aromatic rings. The maximum Gasteiger partial charge on any atom is 0.325 e. The van der Waals surface area contributed by atoms with E-state index in [0.717, 1.165) is 15.1 Å². The maximum absolute atomic E-state index is 11.8. The van der Waals surface area contributed by atoms with Crippen molar-refractivity contribution in [3.05, 3.63) is 34.9 Å². The van der Waals surface area contributed by atoms with Crippen LogP contribution >= 0.6 is 34.7 Å². The van der Waals surface area contributed by atoms with Gasteiger partial charge in [-0.3, -0.25) is 4.90 Å². The zero-order chi connectivity index (χ0) is 15.4. The lowest BCUT2D eigenvalue weighted by Gasteiger charge is -2.18. The molecule has 0 fully saturated rings. The van der Waals surface area contributed by atoms with E-state index in [-0.39, 0.29) is 6.03 Å². The van der Waals surface area contributed by atoms with Crippen molar-refractivity contribution in [2.75, 3.05) is 26.0 Å². The zero-order valence-corrected chi connectivity index (χ0v) is 14.3. The fraction of sp³-hybridized carbons (Fsp3) is 0.308. The van der Waals surface area contributed by atoms with Crippen molar-refractivity contribution in [3.63, 3.8) is 0 Å². The summed E-state index contributed by atoms with van der Waals surface area (Å²) in [5.41, 5.74) is 1.17. The molecule has 21 heavy (non-hydrogen) atoms. The molecule has 2 rings (SSSR count). The van der Waals surface area contributed by atoms with Crippen molar-refractivity contribution >= 4 is 45.9 Å². The van der Waals surface area contributed by atoms with E-state index in [1.807, 2.05) is 24.3 Å². The highest BCUT2D eigenvalue weighted by molar-refractivity contribution is 8.00. The molecule has 5 nitrogen and oxygen atoms in total. The second-order valence-corrected chi connectivity index (χ2v) is 7.12. The average Bonchev–Trinajstić information content (AvgIpc) is 2.94. The summed E-state index contributed by atoms with van der Waals surface area (Å²) < 4.78 is 0.832. The Bertz CT molecular complexity index is 615. The van der Waals surface area contributed by atoms with Gasteiger partial charge >= 0.3 is 6.03 Å². The SMILES string of the molecule is CN(C)C(=O)N(C)c1nnc(SCc2ccc(Cl)cc2)s1. The van der Waals surface area contributed by atoms with Gasteiger partial charge in [-0.1, -0.05) is 46.8 Å². The molecular formula is C13H15ClN4OS2. The van der Waals surface area contributed by atoms with Crippen molar-refractivity contribution in [2.24, 2.45) is 0 Å². The van der Waals surface area contributed by atoms with Gasteiger partial charge in [-0.05, 0) is 17.7 Å². The van der Waals surface area contributed by atoms with Gasteiger partial charge in [-0.2, -0.15) is 0 Å². The molecule has 1 aromatic heterocycles. The van der Waals surface area contributed by atoms with Gasteiger partial charge in [0.2, 0.25) is 5.13 Å². The molecule has 0 bridgehead atoms. The lowest BCUT2D eigenvalue weighted by molar-refractivity contribution is 0.225. The van der Waals surface area contributed by atoms with E-state index in [4.69, 9.17) is 11.6 Å². The third kappa shape index (κ3) is 4.33. The number of halogens is 1. The second kappa shape index (κ2) is 7.11. The van der Waals surface area contributed by atoms with Gasteiger partial charge in [0.25, 0.3) is 0 Å². The largest absolute Gasteiger partial charge is 0.330 e. The highest BCUT2D eigenvalue weighted by atomic mass is 35.5. The van der Waals surface area contributed by atoms with Crippen molar-refractivity contribution < 1.29 is 4.79 Å². The minimum Gasteiger partial charge on any atom is -0.330 e. The zero-order valence-electron chi connectivity index (χ0n) is 11.9. The second-order valence-electron chi connectivity index (χ2n) is 4.50. The molecule has 1 aromatic carbocycles. The highest BCUT2D eigenvalue weighted by Gasteiger charge is 2.17. The molecule has 112 valence electrons. The van der Waals surface area contributed by atoms with Crippen LogP contribution in [0.4, 0.5) is 9.93 Å². The number of rotatable bonds is 4. The van der Waals surface area contributed by atoms with Crippen LogP contribution in [0.3, 0.4) is 0 Å². The Balaban J connectivity index is 1.97. The molecule has 0 aliphatic carbocycles. The van der Waals surface area contributed by atoms with Crippen LogP contribution in [-0.4, -0.2) is 42.3 Å². The van der Waals surface area contributed by atoms with Crippen LogP contribution in [0.2, 0.25) is 5.02 Å². The Kier molecular flexibility index (Phi) is 5.44. The highest BCUT2D eigenvalue weighted by Crippen LogP contribution is 2.30. The predicted octanol–water partition coefficient (Wildman–Crippen LogP) is 3.60. The first-order valence-corrected chi connectivity index (χ1v) is 8.31. The molecule has 0 radical (unpaired) electrons. The van der Waals surface area contributed by atoms with Gasteiger partial charge in [0.05, 0.1) is 0 Å². The van der Waals surface area contributed by atoms with E-state index >= 15 is 0 Å². The number of aromatic nitrogens is 2. The molecule has 0 N–H and O–H groups in total. The molecule has 0 aliphatic heterocycles. The fourth-order valence-corrected chi connectivity index (χ4v) is 3.38. The van der Waals surface area contributed by atoms with Gasteiger partial charge in [-0.25, -0.2) is 4.79 Å². The fourth-order valence-electron chi connectivity index (χ4n) is 1.50. The summed E-state index contributed by atoms with van der Waals surface area (Å²) >= 11 is 8.84. The number of hydrogen-bond donors (Lipinski definition) is 0.